The van der Waals surface area contributed by atoms with Crippen LogP contribution in [0.25, 0.3) is 10.4 Å². The average Bonchev–Trinajstić information content (AvgIpc) is 3.23. The fourth-order valence-electron chi connectivity index (χ4n) is 2.38. The van der Waals surface area contributed by atoms with Gasteiger partial charge in [-0.05, 0) is 29.8 Å². The lowest BCUT2D eigenvalue weighted by molar-refractivity contribution is -0.116. The van der Waals surface area contributed by atoms with Gasteiger partial charge in [-0.15, -0.1) is 11.3 Å². The predicted molar refractivity (Wildman–Crippen MR) is 100 cm³/mol. The number of benzene rings is 1. The molecule has 0 aliphatic carbocycles. The summed E-state index contributed by atoms with van der Waals surface area (Å²) in [7, 11) is 0. The molecule has 7 heteroatoms. The fourth-order valence-corrected chi connectivity index (χ4v) is 3.64. The number of hydrogen-bond acceptors (Lipinski definition) is 4. The normalized spacial score (nSPS) is 10.6. The summed E-state index contributed by atoms with van der Waals surface area (Å²) in [4.78, 5) is 24.4. The van der Waals surface area contributed by atoms with Gasteiger partial charge in [-0.25, -0.2) is 4.79 Å². The van der Waals surface area contributed by atoms with Crippen molar-refractivity contribution in [2.24, 2.45) is 0 Å². The van der Waals surface area contributed by atoms with Gasteiger partial charge in [0.2, 0.25) is 5.91 Å². The average molecular weight is 420 g/mol. The summed E-state index contributed by atoms with van der Waals surface area (Å²) < 4.78 is 6.10. The van der Waals surface area contributed by atoms with Gasteiger partial charge in [0, 0.05) is 22.7 Å². The molecular weight excluding hydrogens is 406 g/mol. The van der Waals surface area contributed by atoms with Gasteiger partial charge in [0.25, 0.3) is 0 Å². The van der Waals surface area contributed by atoms with E-state index in [1.807, 2.05) is 24.3 Å². The van der Waals surface area contributed by atoms with Crippen LogP contribution in [-0.2, 0) is 11.2 Å². The quantitative estimate of drug-likeness (QED) is 0.586. The Hall–Kier alpha value is -2.38. The van der Waals surface area contributed by atoms with Gasteiger partial charge in [0.1, 0.15) is 11.3 Å². The molecule has 2 heterocycles. The second-order valence-electron chi connectivity index (χ2n) is 5.29. The lowest BCUT2D eigenvalue weighted by Gasteiger charge is -2.06. The van der Waals surface area contributed by atoms with Crippen molar-refractivity contribution in [1.82, 2.24) is 0 Å². The number of carboxylic acids is 1. The monoisotopic (exact) mass is 419 g/mol. The molecule has 3 aromatic rings. The Kier molecular flexibility index (Phi) is 5.35. The van der Waals surface area contributed by atoms with E-state index in [-0.39, 0.29) is 17.9 Å². The van der Waals surface area contributed by atoms with Crippen LogP contribution in [0.15, 0.2) is 56.9 Å². The number of carbonyl (C=O) groups excluding carboxylic acids is 1. The number of halogens is 1. The standard InChI is InChI=1S/C18H14BrNO4S/c19-12-5-3-11(4-6-12)17-16(18(22)23)14(10-25-17)20-15(21)8-7-13-2-1-9-24-13/h1-6,9-10H,7-8H2,(H,20,21)(H,22,23). The molecule has 0 saturated heterocycles. The van der Waals surface area contributed by atoms with Gasteiger partial charge in [-0.3, -0.25) is 4.79 Å². The molecule has 0 unspecified atom stereocenters. The molecular formula is C18H14BrNO4S. The molecule has 0 saturated carbocycles. The number of carbonyl (C=O) groups is 2. The maximum absolute atomic E-state index is 12.1. The van der Waals surface area contributed by atoms with Crippen LogP contribution in [0.4, 0.5) is 5.69 Å². The van der Waals surface area contributed by atoms with E-state index < -0.39 is 5.97 Å². The molecule has 2 aromatic heterocycles. The van der Waals surface area contributed by atoms with Crippen molar-refractivity contribution < 1.29 is 19.1 Å². The van der Waals surface area contributed by atoms with E-state index in [1.54, 1.807) is 23.8 Å². The van der Waals surface area contributed by atoms with Crippen molar-refractivity contribution in [3.8, 4) is 10.4 Å². The van der Waals surface area contributed by atoms with Crippen molar-refractivity contribution in [3.63, 3.8) is 0 Å². The topological polar surface area (TPSA) is 79.5 Å². The summed E-state index contributed by atoms with van der Waals surface area (Å²) in [6, 6.07) is 10.9. The van der Waals surface area contributed by atoms with E-state index in [1.165, 1.54) is 11.3 Å². The SMILES string of the molecule is O=C(CCc1ccco1)Nc1csc(-c2ccc(Br)cc2)c1C(=O)O. The first-order valence-electron chi connectivity index (χ1n) is 7.47. The van der Waals surface area contributed by atoms with Crippen molar-refractivity contribution in [3.05, 3.63) is 63.8 Å². The zero-order valence-electron chi connectivity index (χ0n) is 13.0. The minimum Gasteiger partial charge on any atom is -0.478 e. The number of anilines is 1. The Morgan fingerprint density at radius 2 is 1.96 bits per heavy atom. The Labute approximate surface area is 156 Å². The number of hydrogen-bond donors (Lipinski definition) is 2. The summed E-state index contributed by atoms with van der Waals surface area (Å²) in [6.45, 7) is 0. The van der Waals surface area contributed by atoms with E-state index in [4.69, 9.17) is 4.42 Å². The predicted octanol–water partition coefficient (Wildman–Crippen LogP) is 5.04. The second-order valence-corrected chi connectivity index (χ2v) is 7.09. The zero-order valence-corrected chi connectivity index (χ0v) is 15.4. The van der Waals surface area contributed by atoms with Crippen molar-refractivity contribution in [1.29, 1.82) is 0 Å². The molecule has 1 amide bonds. The summed E-state index contributed by atoms with van der Waals surface area (Å²) in [5.41, 5.74) is 1.22. The van der Waals surface area contributed by atoms with Crippen molar-refractivity contribution in [2.75, 3.05) is 5.32 Å². The number of nitrogens with one attached hydrogen (secondary N) is 1. The second kappa shape index (κ2) is 7.67. The third-order valence-corrected chi connectivity index (χ3v) is 5.12. The molecule has 1 aromatic carbocycles. The van der Waals surface area contributed by atoms with Crippen LogP contribution in [0.3, 0.4) is 0 Å². The molecule has 0 spiro atoms. The summed E-state index contributed by atoms with van der Waals surface area (Å²) >= 11 is 4.65. The van der Waals surface area contributed by atoms with Crippen LogP contribution in [0.1, 0.15) is 22.5 Å². The molecule has 5 nitrogen and oxygen atoms in total. The first-order valence-corrected chi connectivity index (χ1v) is 9.15. The lowest BCUT2D eigenvalue weighted by atomic mass is 10.1. The molecule has 2 N–H and O–H groups in total. The van der Waals surface area contributed by atoms with E-state index in [0.717, 1.165) is 15.8 Å². The van der Waals surface area contributed by atoms with Gasteiger partial charge in [0.15, 0.2) is 0 Å². The van der Waals surface area contributed by atoms with Gasteiger partial charge in [-0.1, -0.05) is 28.1 Å². The molecule has 0 radical (unpaired) electrons. The number of amides is 1. The van der Waals surface area contributed by atoms with Crippen LogP contribution in [-0.4, -0.2) is 17.0 Å². The molecule has 0 atom stereocenters. The molecule has 3 rings (SSSR count). The fraction of sp³-hybridized carbons (Fsp3) is 0.111. The number of thiophene rings is 1. The molecule has 25 heavy (non-hydrogen) atoms. The minimum atomic E-state index is -1.07. The maximum atomic E-state index is 12.1. The highest BCUT2D eigenvalue weighted by Crippen LogP contribution is 2.36. The lowest BCUT2D eigenvalue weighted by Crippen LogP contribution is -2.14. The number of carboxylic acid groups (broad SMARTS) is 1. The smallest absolute Gasteiger partial charge is 0.339 e. The van der Waals surface area contributed by atoms with Gasteiger partial charge in [0.05, 0.1) is 16.8 Å². The summed E-state index contributed by atoms with van der Waals surface area (Å²) in [5.74, 6) is -0.603. The van der Waals surface area contributed by atoms with E-state index >= 15 is 0 Å². The summed E-state index contributed by atoms with van der Waals surface area (Å²) in [5, 5.41) is 13.9. The highest BCUT2D eigenvalue weighted by molar-refractivity contribution is 9.10. The Morgan fingerprint density at radius 3 is 2.60 bits per heavy atom. The van der Waals surface area contributed by atoms with Gasteiger partial charge < -0.3 is 14.8 Å². The molecule has 0 aliphatic rings. The summed E-state index contributed by atoms with van der Waals surface area (Å²) in [6.07, 6.45) is 2.24. The highest BCUT2D eigenvalue weighted by atomic mass is 79.9. The van der Waals surface area contributed by atoms with Gasteiger partial charge in [-0.2, -0.15) is 0 Å². The van der Waals surface area contributed by atoms with Crippen molar-refractivity contribution in [2.45, 2.75) is 12.8 Å². The number of furan rings is 1. The van der Waals surface area contributed by atoms with Crippen LogP contribution in [0.2, 0.25) is 0 Å². The third-order valence-electron chi connectivity index (χ3n) is 3.56. The maximum Gasteiger partial charge on any atom is 0.339 e. The molecule has 0 bridgehead atoms. The first kappa shape index (κ1) is 17.4. The van der Waals surface area contributed by atoms with E-state index in [9.17, 15) is 14.7 Å². The van der Waals surface area contributed by atoms with Crippen LogP contribution < -0.4 is 5.32 Å². The Balaban J connectivity index is 1.78. The first-order chi connectivity index (χ1) is 12.0. The van der Waals surface area contributed by atoms with Crippen LogP contribution in [0, 0.1) is 0 Å². The third kappa shape index (κ3) is 4.18. The minimum absolute atomic E-state index is 0.110. The number of aryl methyl sites for hydroxylation is 1. The Morgan fingerprint density at radius 1 is 1.20 bits per heavy atom. The number of rotatable bonds is 6. The molecule has 0 aliphatic heterocycles. The highest BCUT2D eigenvalue weighted by Gasteiger charge is 2.21. The Bertz CT molecular complexity index is 884. The molecule has 0 fully saturated rings. The molecule has 128 valence electrons. The van der Waals surface area contributed by atoms with Crippen LogP contribution >= 0.6 is 27.3 Å². The van der Waals surface area contributed by atoms with Crippen molar-refractivity contribution >= 4 is 44.8 Å². The van der Waals surface area contributed by atoms with Crippen LogP contribution in [0.5, 0.6) is 0 Å². The van der Waals surface area contributed by atoms with E-state index in [2.05, 4.69) is 21.2 Å². The largest absolute Gasteiger partial charge is 0.478 e. The zero-order chi connectivity index (χ0) is 17.8. The van der Waals surface area contributed by atoms with Gasteiger partial charge >= 0.3 is 5.97 Å². The number of aromatic carboxylic acids is 1. The van der Waals surface area contributed by atoms with E-state index in [0.29, 0.717) is 17.0 Å².